The van der Waals surface area contributed by atoms with Crippen molar-refractivity contribution >= 4 is 15.2 Å². The van der Waals surface area contributed by atoms with Crippen LogP contribution in [-0.4, -0.2) is 30.1 Å². The van der Waals surface area contributed by atoms with Crippen LogP contribution in [-0.2, 0) is 9.13 Å². The molecule has 17 heavy (non-hydrogen) atoms. The Morgan fingerprint density at radius 2 is 1.29 bits per heavy atom. The molecule has 1 aliphatic carbocycles. The van der Waals surface area contributed by atoms with E-state index in [1.165, 1.54) is 0 Å². The third-order valence-corrected chi connectivity index (χ3v) is 8.15. The van der Waals surface area contributed by atoms with Crippen molar-refractivity contribution < 1.29 is 28.7 Å². The largest absolute Gasteiger partial charge is 0.348 e. The standard InChI is InChI=1S/C7H14N2O6P2/c10-16(11,12)7(17(13,14)15)5-3-1-2-4-6(7)8-9-6/h1-5H2,(H2,10,11,12)(H2,13,14,15). The first kappa shape index (κ1) is 13.3. The quantitative estimate of drug-likeness (QED) is 0.561. The van der Waals surface area contributed by atoms with Gasteiger partial charge in [0.2, 0.25) is 10.6 Å². The Morgan fingerprint density at radius 3 is 1.71 bits per heavy atom. The Morgan fingerprint density at radius 1 is 0.824 bits per heavy atom. The van der Waals surface area contributed by atoms with Crippen molar-refractivity contribution in [2.75, 3.05) is 0 Å². The molecule has 2 aliphatic rings. The molecule has 1 saturated carbocycles. The Balaban J connectivity index is 2.60. The second kappa shape index (κ2) is 3.70. The van der Waals surface area contributed by atoms with Crippen molar-refractivity contribution in [3.05, 3.63) is 0 Å². The van der Waals surface area contributed by atoms with Crippen LogP contribution >= 0.6 is 15.2 Å². The third-order valence-electron chi connectivity index (χ3n) is 3.50. The average Bonchev–Trinajstić information content (AvgIpc) is 2.90. The smallest absolute Gasteiger partial charge is 0.323 e. The molecule has 1 spiro atoms. The first-order valence-corrected chi connectivity index (χ1v) is 8.44. The molecule has 4 N–H and O–H groups in total. The van der Waals surface area contributed by atoms with Crippen molar-refractivity contribution in [3.8, 4) is 0 Å². The summed E-state index contributed by atoms with van der Waals surface area (Å²) in [5.41, 5.74) is -1.58. The topological polar surface area (TPSA) is 140 Å². The van der Waals surface area contributed by atoms with Crippen LogP contribution in [0.3, 0.4) is 0 Å². The number of rotatable bonds is 2. The van der Waals surface area contributed by atoms with E-state index < -0.39 is 25.8 Å². The van der Waals surface area contributed by atoms with Gasteiger partial charge in [-0.05, 0) is 19.3 Å². The molecule has 0 aromatic heterocycles. The lowest BCUT2D eigenvalue weighted by atomic mass is 10.0. The van der Waals surface area contributed by atoms with Gasteiger partial charge in [0.25, 0.3) is 0 Å². The molecule has 0 atom stereocenters. The van der Waals surface area contributed by atoms with Gasteiger partial charge in [0.05, 0.1) is 0 Å². The molecule has 0 aromatic rings. The van der Waals surface area contributed by atoms with Gasteiger partial charge in [-0.1, -0.05) is 12.8 Å². The molecule has 1 aliphatic heterocycles. The van der Waals surface area contributed by atoms with E-state index in [4.69, 9.17) is 0 Å². The second-order valence-electron chi connectivity index (χ2n) is 4.48. The summed E-state index contributed by atoms with van der Waals surface area (Å²) >= 11 is 0. The summed E-state index contributed by atoms with van der Waals surface area (Å²) in [5, 5.41) is 7.16. The molecule has 0 amide bonds. The van der Waals surface area contributed by atoms with E-state index in [-0.39, 0.29) is 12.8 Å². The molecular formula is C7H14N2O6P2. The summed E-state index contributed by atoms with van der Waals surface area (Å²) in [6, 6.07) is 0. The Hall–Kier alpha value is -0.100. The molecule has 0 saturated heterocycles. The summed E-state index contributed by atoms with van der Waals surface area (Å²) in [6.07, 6.45) is 1.55. The monoisotopic (exact) mass is 284 g/mol. The summed E-state index contributed by atoms with van der Waals surface area (Å²) in [5.74, 6) is 0. The Labute approximate surface area is 97.5 Å². The SMILES string of the molecule is O=P(O)(O)C1(P(=O)(O)O)CCCCCC12N=N2. The summed E-state index contributed by atoms with van der Waals surface area (Å²) in [4.78, 5) is 35.3. The van der Waals surface area contributed by atoms with E-state index in [0.717, 1.165) is 0 Å². The lowest BCUT2D eigenvalue weighted by molar-refractivity contribution is 0.271. The molecule has 0 radical (unpaired) electrons. The Kier molecular flexibility index (Phi) is 2.90. The minimum absolute atomic E-state index is 0.184. The highest BCUT2D eigenvalue weighted by Crippen LogP contribution is 2.79. The number of hydrogen-bond donors (Lipinski definition) is 4. The van der Waals surface area contributed by atoms with Crippen molar-refractivity contribution in [1.29, 1.82) is 0 Å². The summed E-state index contributed by atoms with van der Waals surface area (Å²) in [6.45, 7) is 0. The van der Waals surface area contributed by atoms with Crippen LogP contribution < -0.4 is 0 Å². The van der Waals surface area contributed by atoms with Crippen LogP contribution in [0.1, 0.15) is 32.1 Å². The molecule has 1 fully saturated rings. The lowest BCUT2D eigenvalue weighted by Gasteiger charge is -2.36. The molecule has 1 heterocycles. The van der Waals surface area contributed by atoms with Gasteiger partial charge in [0, 0.05) is 0 Å². The maximum atomic E-state index is 11.6. The van der Waals surface area contributed by atoms with Crippen LogP contribution in [0.5, 0.6) is 0 Å². The van der Waals surface area contributed by atoms with Crippen LogP contribution in [0, 0.1) is 0 Å². The third kappa shape index (κ3) is 1.75. The van der Waals surface area contributed by atoms with Gasteiger partial charge in [0.1, 0.15) is 0 Å². The normalized spacial score (nSPS) is 26.8. The molecule has 0 aromatic carbocycles. The van der Waals surface area contributed by atoms with Gasteiger partial charge in [-0.15, -0.1) is 0 Å². The molecule has 0 unspecified atom stereocenters. The van der Waals surface area contributed by atoms with E-state index >= 15 is 0 Å². The fourth-order valence-corrected chi connectivity index (χ4v) is 6.16. The van der Waals surface area contributed by atoms with Crippen molar-refractivity contribution in [3.63, 3.8) is 0 Å². The maximum Gasteiger partial charge on any atom is 0.348 e. The van der Waals surface area contributed by atoms with Gasteiger partial charge < -0.3 is 19.6 Å². The highest BCUT2D eigenvalue weighted by Gasteiger charge is 2.76. The van der Waals surface area contributed by atoms with Crippen LogP contribution in [0.4, 0.5) is 0 Å². The van der Waals surface area contributed by atoms with Gasteiger partial charge in [0.15, 0.2) is 0 Å². The Bertz CT molecular complexity index is 423. The average molecular weight is 284 g/mol. The first-order valence-electron chi connectivity index (χ1n) is 5.22. The van der Waals surface area contributed by atoms with Crippen molar-refractivity contribution in [1.82, 2.24) is 0 Å². The van der Waals surface area contributed by atoms with Crippen molar-refractivity contribution in [2.45, 2.75) is 42.7 Å². The van der Waals surface area contributed by atoms with Crippen LogP contribution in [0.15, 0.2) is 10.2 Å². The maximum absolute atomic E-state index is 11.6. The molecule has 98 valence electrons. The minimum Gasteiger partial charge on any atom is -0.323 e. The molecule has 0 bridgehead atoms. The van der Waals surface area contributed by atoms with Crippen LogP contribution in [0.25, 0.3) is 0 Å². The van der Waals surface area contributed by atoms with E-state index in [1.54, 1.807) is 0 Å². The second-order valence-corrected chi connectivity index (χ2v) is 8.54. The molecular weight excluding hydrogens is 270 g/mol. The lowest BCUT2D eigenvalue weighted by Crippen LogP contribution is -2.44. The van der Waals surface area contributed by atoms with Gasteiger partial charge >= 0.3 is 15.2 Å². The molecule has 2 rings (SSSR count). The highest BCUT2D eigenvalue weighted by atomic mass is 31.2. The fraction of sp³-hybridized carbons (Fsp3) is 1.00. The zero-order valence-corrected chi connectivity index (χ0v) is 10.7. The predicted octanol–water partition coefficient (Wildman–Crippen LogP) is 1.16. The fourth-order valence-electron chi connectivity index (χ4n) is 2.57. The minimum atomic E-state index is -5.03. The van der Waals surface area contributed by atoms with Gasteiger partial charge in [-0.3, -0.25) is 9.13 Å². The van der Waals surface area contributed by atoms with E-state index in [0.29, 0.717) is 19.3 Å². The zero-order chi connectivity index (χ0) is 12.9. The zero-order valence-electron chi connectivity index (χ0n) is 8.93. The van der Waals surface area contributed by atoms with Gasteiger partial charge in [-0.25, -0.2) is 0 Å². The van der Waals surface area contributed by atoms with E-state index in [1.807, 2.05) is 0 Å². The number of nitrogens with zero attached hydrogens (tertiary/aromatic N) is 2. The van der Waals surface area contributed by atoms with E-state index in [2.05, 4.69) is 10.2 Å². The summed E-state index contributed by atoms with van der Waals surface area (Å²) in [7, 11) is -10.1. The van der Waals surface area contributed by atoms with Crippen molar-refractivity contribution in [2.24, 2.45) is 10.2 Å². The predicted molar refractivity (Wildman–Crippen MR) is 57.5 cm³/mol. The molecule has 8 nitrogen and oxygen atoms in total. The van der Waals surface area contributed by atoms with Gasteiger partial charge in [-0.2, -0.15) is 10.2 Å². The highest BCUT2D eigenvalue weighted by molar-refractivity contribution is 7.72. The van der Waals surface area contributed by atoms with Crippen LogP contribution in [0.2, 0.25) is 0 Å². The summed E-state index contributed by atoms with van der Waals surface area (Å²) < 4.78 is 23.3. The first-order chi connectivity index (χ1) is 7.66. The molecule has 10 heteroatoms. The number of hydrogen-bond acceptors (Lipinski definition) is 4. The van der Waals surface area contributed by atoms with E-state index in [9.17, 15) is 28.7 Å².